The van der Waals surface area contributed by atoms with Crippen molar-refractivity contribution < 1.29 is 4.74 Å². The van der Waals surface area contributed by atoms with Crippen molar-refractivity contribution >= 4 is 0 Å². The summed E-state index contributed by atoms with van der Waals surface area (Å²) in [4.78, 5) is 0. The van der Waals surface area contributed by atoms with Gasteiger partial charge in [-0.3, -0.25) is 0 Å². The molecule has 0 aromatic carbocycles. The summed E-state index contributed by atoms with van der Waals surface area (Å²) in [5, 5.41) is 3.54. The fourth-order valence-corrected chi connectivity index (χ4v) is 1.73. The van der Waals surface area contributed by atoms with Gasteiger partial charge in [-0.1, -0.05) is 34.6 Å². The van der Waals surface area contributed by atoms with E-state index in [-0.39, 0.29) is 5.60 Å². The summed E-state index contributed by atoms with van der Waals surface area (Å²) in [6.45, 7) is 19.6. The third-order valence-electron chi connectivity index (χ3n) is 3.00. The first-order valence-electron chi connectivity index (χ1n) is 6.89. The molecule has 1 N–H and O–H groups in total. The second kappa shape index (κ2) is 6.75. The van der Waals surface area contributed by atoms with Gasteiger partial charge in [-0.15, -0.1) is 0 Å². The van der Waals surface area contributed by atoms with Crippen molar-refractivity contribution in [2.75, 3.05) is 13.2 Å². The number of hydrogen-bond acceptors (Lipinski definition) is 2. The van der Waals surface area contributed by atoms with E-state index in [4.69, 9.17) is 4.74 Å². The molecule has 0 heterocycles. The Hall–Kier alpha value is -0.0800. The first-order chi connectivity index (χ1) is 7.52. The summed E-state index contributed by atoms with van der Waals surface area (Å²) in [7, 11) is 0. The summed E-state index contributed by atoms with van der Waals surface area (Å²) in [5.74, 6) is 0.659. The fraction of sp³-hybridized carbons (Fsp3) is 1.00. The number of rotatable bonds is 6. The standard InChI is InChI=1S/C15H33NO/c1-12(2)16-11-13(14(3,4)5)9-10-17-15(6,7)8/h12-13,16H,9-11H2,1-8H3. The van der Waals surface area contributed by atoms with Crippen LogP contribution in [0, 0.1) is 11.3 Å². The second-order valence-electron chi connectivity index (χ2n) is 7.38. The van der Waals surface area contributed by atoms with Gasteiger partial charge in [0, 0.05) is 12.6 Å². The van der Waals surface area contributed by atoms with Crippen LogP contribution in [0.3, 0.4) is 0 Å². The van der Waals surface area contributed by atoms with Crippen molar-refractivity contribution in [3.63, 3.8) is 0 Å². The minimum Gasteiger partial charge on any atom is -0.376 e. The molecule has 0 radical (unpaired) electrons. The summed E-state index contributed by atoms with van der Waals surface area (Å²) in [6.07, 6.45) is 1.13. The lowest BCUT2D eigenvalue weighted by atomic mass is 9.78. The average molecular weight is 243 g/mol. The van der Waals surface area contributed by atoms with Crippen LogP contribution >= 0.6 is 0 Å². The minimum absolute atomic E-state index is 0.0199. The maximum atomic E-state index is 5.83. The van der Waals surface area contributed by atoms with Crippen LogP contribution in [0.1, 0.15) is 61.8 Å². The molecular weight excluding hydrogens is 210 g/mol. The molecule has 0 aliphatic heterocycles. The fourth-order valence-electron chi connectivity index (χ4n) is 1.73. The van der Waals surface area contributed by atoms with E-state index < -0.39 is 0 Å². The lowest BCUT2D eigenvalue weighted by Gasteiger charge is -2.32. The third-order valence-corrected chi connectivity index (χ3v) is 3.00. The maximum absolute atomic E-state index is 5.83. The van der Waals surface area contributed by atoms with Crippen LogP contribution in [0.5, 0.6) is 0 Å². The van der Waals surface area contributed by atoms with Gasteiger partial charge in [0.2, 0.25) is 0 Å². The van der Waals surface area contributed by atoms with Gasteiger partial charge in [-0.2, -0.15) is 0 Å². The second-order valence-corrected chi connectivity index (χ2v) is 7.38. The molecular formula is C15H33NO. The molecule has 0 fully saturated rings. The topological polar surface area (TPSA) is 21.3 Å². The zero-order valence-electron chi connectivity index (χ0n) is 13.2. The summed E-state index contributed by atoms with van der Waals surface area (Å²) < 4.78 is 5.83. The zero-order valence-corrected chi connectivity index (χ0v) is 13.2. The van der Waals surface area contributed by atoms with E-state index in [1.807, 2.05) is 0 Å². The van der Waals surface area contributed by atoms with Gasteiger partial charge in [-0.25, -0.2) is 0 Å². The highest BCUT2D eigenvalue weighted by molar-refractivity contribution is 4.77. The molecule has 2 nitrogen and oxygen atoms in total. The molecule has 0 bridgehead atoms. The van der Waals surface area contributed by atoms with E-state index in [1.54, 1.807) is 0 Å². The highest BCUT2D eigenvalue weighted by Crippen LogP contribution is 2.28. The molecule has 104 valence electrons. The normalized spacial score (nSPS) is 15.4. The molecule has 1 unspecified atom stereocenters. The van der Waals surface area contributed by atoms with Gasteiger partial charge < -0.3 is 10.1 Å². The van der Waals surface area contributed by atoms with Crippen molar-refractivity contribution in [3.8, 4) is 0 Å². The highest BCUT2D eigenvalue weighted by Gasteiger charge is 2.24. The Morgan fingerprint density at radius 3 is 1.88 bits per heavy atom. The smallest absolute Gasteiger partial charge is 0.0598 e. The molecule has 0 aromatic rings. The van der Waals surface area contributed by atoms with Crippen LogP contribution in [-0.2, 0) is 4.74 Å². The van der Waals surface area contributed by atoms with E-state index in [9.17, 15) is 0 Å². The minimum atomic E-state index is -0.0199. The van der Waals surface area contributed by atoms with Crippen molar-refractivity contribution in [2.45, 2.75) is 73.5 Å². The van der Waals surface area contributed by atoms with Crippen molar-refractivity contribution in [1.29, 1.82) is 0 Å². The van der Waals surface area contributed by atoms with E-state index in [1.165, 1.54) is 0 Å². The van der Waals surface area contributed by atoms with Gasteiger partial charge in [0.05, 0.1) is 5.60 Å². The molecule has 0 saturated heterocycles. The van der Waals surface area contributed by atoms with Gasteiger partial charge in [0.1, 0.15) is 0 Å². The van der Waals surface area contributed by atoms with Gasteiger partial charge in [0.25, 0.3) is 0 Å². The van der Waals surface area contributed by atoms with Gasteiger partial charge >= 0.3 is 0 Å². The van der Waals surface area contributed by atoms with Crippen LogP contribution in [0.2, 0.25) is 0 Å². The number of ether oxygens (including phenoxy) is 1. The molecule has 2 heteroatoms. The monoisotopic (exact) mass is 243 g/mol. The predicted octanol–water partition coefficient (Wildman–Crippen LogP) is 3.85. The SMILES string of the molecule is CC(C)NCC(CCOC(C)(C)C)C(C)(C)C. The Morgan fingerprint density at radius 2 is 1.53 bits per heavy atom. The molecule has 0 aromatic heterocycles. The lowest BCUT2D eigenvalue weighted by Crippen LogP contribution is -2.36. The van der Waals surface area contributed by atoms with Crippen LogP contribution < -0.4 is 5.32 Å². The molecule has 0 rings (SSSR count). The molecule has 17 heavy (non-hydrogen) atoms. The van der Waals surface area contributed by atoms with Crippen molar-refractivity contribution in [1.82, 2.24) is 5.32 Å². The maximum Gasteiger partial charge on any atom is 0.0598 e. The van der Waals surface area contributed by atoms with Gasteiger partial charge in [-0.05, 0) is 45.1 Å². The first kappa shape index (κ1) is 16.9. The molecule has 0 aliphatic rings. The molecule has 0 aliphatic carbocycles. The zero-order chi connectivity index (χ0) is 13.7. The van der Waals surface area contributed by atoms with E-state index >= 15 is 0 Å². The Balaban J connectivity index is 4.13. The number of hydrogen-bond donors (Lipinski definition) is 1. The molecule has 0 saturated carbocycles. The Labute approximate surface area is 109 Å². The summed E-state index contributed by atoms with van der Waals surface area (Å²) in [6, 6.07) is 0.559. The quantitative estimate of drug-likeness (QED) is 0.765. The van der Waals surface area contributed by atoms with Crippen LogP contribution in [-0.4, -0.2) is 24.8 Å². The Kier molecular flexibility index (Phi) is 6.71. The van der Waals surface area contributed by atoms with Crippen LogP contribution in [0.25, 0.3) is 0 Å². The average Bonchev–Trinajstić information content (AvgIpc) is 2.06. The predicted molar refractivity (Wildman–Crippen MR) is 76.4 cm³/mol. The lowest BCUT2D eigenvalue weighted by molar-refractivity contribution is -0.0156. The Bertz CT molecular complexity index is 198. The largest absolute Gasteiger partial charge is 0.376 e. The van der Waals surface area contributed by atoms with Crippen LogP contribution in [0.15, 0.2) is 0 Å². The third kappa shape index (κ3) is 9.61. The molecule has 0 spiro atoms. The van der Waals surface area contributed by atoms with Crippen LogP contribution in [0.4, 0.5) is 0 Å². The Morgan fingerprint density at radius 1 is 1.00 bits per heavy atom. The van der Waals surface area contributed by atoms with Crippen molar-refractivity contribution in [3.05, 3.63) is 0 Å². The molecule has 1 atom stereocenters. The van der Waals surface area contributed by atoms with E-state index in [0.717, 1.165) is 19.6 Å². The van der Waals surface area contributed by atoms with Gasteiger partial charge in [0.15, 0.2) is 0 Å². The first-order valence-corrected chi connectivity index (χ1v) is 6.89. The number of nitrogens with one attached hydrogen (secondary N) is 1. The highest BCUT2D eigenvalue weighted by atomic mass is 16.5. The summed E-state index contributed by atoms with van der Waals surface area (Å²) >= 11 is 0. The van der Waals surface area contributed by atoms with Crippen molar-refractivity contribution in [2.24, 2.45) is 11.3 Å². The van der Waals surface area contributed by atoms with E-state index in [2.05, 4.69) is 60.7 Å². The molecule has 0 amide bonds. The summed E-state index contributed by atoms with van der Waals surface area (Å²) in [5.41, 5.74) is 0.317. The van der Waals surface area contributed by atoms with E-state index in [0.29, 0.717) is 17.4 Å².